The first kappa shape index (κ1) is 19.3. The molecule has 0 saturated carbocycles. The van der Waals surface area contributed by atoms with E-state index in [-0.39, 0.29) is 11.7 Å². The largest absolute Gasteiger partial charge is 0.361 e. The number of nitrogens with zero attached hydrogens (tertiary/aromatic N) is 3. The Bertz CT molecular complexity index is 966. The number of piperidine rings is 1. The second-order valence-electron chi connectivity index (χ2n) is 7.55. The Morgan fingerprint density at radius 1 is 1.38 bits per heavy atom. The quantitative estimate of drug-likeness (QED) is 0.667. The molecular formula is C21H24FN5O2. The molecule has 1 aromatic carbocycles. The van der Waals surface area contributed by atoms with Crippen LogP contribution in [0.25, 0.3) is 11.3 Å². The molecule has 1 fully saturated rings. The molecule has 8 heteroatoms. The number of benzene rings is 1. The first-order valence-electron chi connectivity index (χ1n) is 9.80. The van der Waals surface area contributed by atoms with Crippen molar-refractivity contribution >= 4 is 5.91 Å². The molecule has 2 aromatic heterocycles. The van der Waals surface area contributed by atoms with Gasteiger partial charge in [-0.2, -0.15) is 5.10 Å². The highest BCUT2D eigenvalue weighted by Gasteiger charge is 2.22. The number of amides is 1. The van der Waals surface area contributed by atoms with Crippen LogP contribution >= 0.6 is 0 Å². The highest BCUT2D eigenvalue weighted by Crippen LogP contribution is 2.25. The smallest absolute Gasteiger partial charge is 0.273 e. The van der Waals surface area contributed by atoms with E-state index in [1.54, 1.807) is 25.1 Å². The third-order valence-electron chi connectivity index (χ3n) is 5.26. The molecule has 152 valence electrons. The van der Waals surface area contributed by atoms with Gasteiger partial charge in [0.25, 0.3) is 5.91 Å². The van der Waals surface area contributed by atoms with Crippen LogP contribution in [0.3, 0.4) is 0 Å². The van der Waals surface area contributed by atoms with Crippen molar-refractivity contribution in [2.24, 2.45) is 5.92 Å². The highest BCUT2D eigenvalue weighted by molar-refractivity contribution is 5.92. The van der Waals surface area contributed by atoms with Crippen molar-refractivity contribution in [3.05, 3.63) is 59.4 Å². The minimum atomic E-state index is -0.253. The Kier molecular flexibility index (Phi) is 5.71. The maximum Gasteiger partial charge on any atom is 0.273 e. The SMILES string of the molecule is Cc1cc(C(=O)NCC2CCCN(Cc3cn[nH]c3-c3ccc(F)cc3)C2)no1. The van der Waals surface area contributed by atoms with E-state index < -0.39 is 0 Å². The molecule has 7 nitrogen and oxygen atoms in total. The van der Waals surface area contributed by atoms with Gasteiger partial charge in [-0.3, -0.25) is 14.8 Å². The zero-order valence-electron chi connectivity index (χ0n) is 16.3. The molecule has 1 saturated heterocycles. The molecule has 2 N–H and O–H groups in total. The molecule has 0 radical (unpaired) electrons. The van der Waals surface area contributed by atoms with Crippen LogP contribution in [0.2, 0.25) is 0 Å². The number of aryl methyl sites for hydroxylation is 1. The van der Waals surface area contributed by atoms with Gasteiger partial charge in [0.2, 0.25) is 0 Å². The van der Waals surface area contributed by atoms with Crippen LogP contribution in [0.5, 0.6) is 0 Å². The number of likely N-dealkylation sites (tertiary alicyclic amines) is 1. The number of nitrogens with one attached hydrogen (secondary N) is 2. The summed E-state index contributed by atoms with van der Waals surface area (Å²) in [7, 11) is 0. The highest BCUT2D eigenvalue weighted by atomic mass is 19.1. The van der Waals surface area contributed by atoms with Gasteiger partial charge >= 0.3 is 0 Å². The Balaban J connectivity index is 1.34. The van der Waals surface area contributed by atoms with Gasteiger partial charge in [-0.1, -0.05) is 5.16 Å². The van der Waals surface area contributed by atoms with E-state index in [1.807, 2.05) is 6.20 Å². The van der Waals surface area contributed by atoms with Gasteiger partial charge < -0.3 is 9.84 Å². The molecule has 1 aliphatic rings. The Labute approximate surface area is 168 Å². The summed E-state index contributed by atoms with van der Waals surface area (Å²) in [4.78, 5) is 14.6. The fourth-order valence-electron chi connectivity index (χ4n) is 3.80. The van der Waals surface area contributed by atoms with Crippen molar-refractivity contribution in [3.63, 3.8) is 0 Å². The molecule has 1 aliphatic heterocycles. The molecule has 3 heterocycles. The number of hydrogen-bond acceptors (Lipinski definition) is 5. The van der Waals surface area contributed by atoms with Crippen LogP contribution in [-0.4, -0.2) is 45.8 Å². The first-order chi connectivity index (χ1) is 14.1. The Hall–Kier alpha value is -3.00. The minimum Gasteiger partial charge on any atom is -0.361 e. The van der Waals surface area contributed by atoms with Crippen LogP contribution in [0.4, 0.5) is 4.39 Å². The van der Waals surface area contributed by atoms with Crippen LogP contribution in [-0.2, 0) is 6.54 Å². The van der Waals surface area contributed by atoms with Crippen LogP contribution < -0.4 is 5.32 Å². The molecule has 3 aromatic rings. The van der Waals surface area contributed by atoms with Crippen LogP contribution in [0, 0.1) is 18.7 Å². The molecule has 29 heavy (non-hydrogen) atoms. The van der Waals surface area contributed by atoms with Crippen molar-refractivity contribution in [2.75, 3.05) is 19.6 Å². The molecule has 1 amide bonds. The fourth-order valence-corrected chi connectivity index (χ4v) is 3.80. The number of H-pyrrole nitrogens is 1. The van der Waals surface area contributed by atoms with Gasteiger partial charge in [-0.25, -0.2) is 4.39 Å². The Morgan fingerprint density at radius 3 is 2.97 bits per heavy atom. The van der Waals surface area contributed by atoms with Gasteiger partial charge in [0, 0.05) is 36.8 Å². The molecule has 0 aliphatic carbocycles. The summed E-state index contributed by atoms with van der Waals surface area (Å²) < 4.78 is 18.2. The number of carbonyl (C=O) groups excluding carboxylic acids is 1. The topological polar surface area (TPSA) is 87.0 Å². The van der Waals surface area contributed by atoms with E-state index in [2.05, 4.69) is 25.6 Å². The van der Waals surface area contributed by atoms with E-state index in [9.17, 15) is 9.18 Å². The number of hydrogen-bond donors (Lipinski definition) is 2. The van der Waals surface area contributed by atoms with Crippen LogP contribution in [0.15, 0.2) is 41.1 Å². The third kappa shape index (κ3) is 4.71. The van der Waals surface area contributed by atoms with Gasteiger partial charge in [-0.05, 0) is 56.5 Å². The lowest BCUT2D eigenvalue weighted by molar-refractivity contribution is 0.0921. The second-order valence-corrected chi connectivity index (χ2v) is 7.55. The average Bonchev–Trinajstić information content (AvgIpc) is 3.36. The predicted octanol–water partition coefficient (Wildman–Crippen LogP) is 3.15. The van der Waals surface area contributed by atoms with Crippen molar-refractivity contribution in [1.82, 2.24) is 25.6 Å². The van der Waals surface area contributed by atoms with E-state index >= 15 is 0 Å². The lowest BCUT2D eigenvalue weighted by Gasteiger charge is -2.32. The first-order valence-corrected chi connectivity index (χ1v) is 9.80. The van der Waals surface area contributed by atoms with E-state index in [1.165, 1.54) is 12.1 Å². The number of aromatic nitrogens is 3. The number of rotatable bonds is 6. The number of carbonyl (C=O) groups is 1. The lowest BCUT2D eigenvalue weighted by Crippen LogP contribution is -2.40. The standard InChI is InChI=1S/C21H24FN5O2/c1-14-9-19(26-29-14)21(28)23-10-15-3-2-8-27(12-15)13-17-11-24-25-20(17)16-4-6-18(22)7-5-16/h4-7,9,11,15H,2-3,8,10,12-13H2,1H3,(H,23,28)(H,24,25). The molecule has 0 spiro atoms. The van der Waals surface area contributed by atoms with Gasteiger partial charge in [0.15, 0.2) is 5.69 Å². The maximum atomic E-state index is 13.2. The van der Waals surface area contributed by atoms with E-state index in [4.69, 9.17) is 4.52 Å². The zero-order chi connectivity index (χ0) is 20.2. The molecule has 4 rings (SSSR count). The van der Waals surface area contributed by atoms with Crippen molar-refractivity contribution in [3.8, 4) is 11.3 Å². The summed E-state index contributed by atoms with van der Waals surface area (Å²) in [5.74, 6) is 0.543. The molecule has 0 bridgehead atoms. The Morgan fingerprint density at radius 2 is 2.21 bits per heavy atom. The summed E-state index contributed by atoms with van der Waals surface area (Å²) >= 11 is 0. The van der Waals surface area contributed by atoms with Gasteiger partial charge in [0.1, 0.15) is 11.6 Å². The lowest BCUT2D eigenvalue weighted by atomic mass is 9.97. The van der Waals surface area contributed by atoms with E-state index in [0.29, 0.717) is 23.9 Å². The predicted molar refractivity (Wildman–Crippen MR) is 106 cm³/mol. The third-order valence-corrected chi connectivity index (χ3v) is 5.26. The summed E-state index contributed by atoms with van der Waals surface area (Å²) in [6, 6.07) is 8.06. The normalized spacial score (nSPS) is 17.4. The summed E-state index contributed by atoms with van der Waals surface area (Å²) in [5, 5.41) is 13.9. The second kappa shape index (κ2) is 8.57. The maximum absolute atomic E-state index is 13.2. The van der Waals surface area contributed by atoms with E-state index in [0.717, 1.165) is 49.3 Å². The number of aromatic amines is 1. The average molecular weight is 397 g/mol. The summed E-state index contributed by atoms with van der Waals surface area (Å²) in [6.07, 6.45) is 3.98. The summed E-state index contributed by atoms with van der Waals surface area (Å²) in [6.45, 7) is 5.03. The monoisotopic (exact) mass is 397 g/mol. The molecule has 1 unspecified atom stereocenters. The van der Waals surface area contributed by atoms with Gasteiger partial charge in [0.05, 0.1) is 11.9 Å². The van der Waals surface area contributed by atoms with Gasteiger partial charge in [-0.15, -0.1) is 0 Å². The van der Waals surface area contributed by atoms with Crippen LogP contribution in [0.1, 0.15) is 34.7 Å². The summed E-state index contributed by atoms with van der Waals surface area (Å²) in [5.41, 5.74) is 3.24. The number of halogens is 1. The van der Waals surface area contributed by atoms with Crippen molar-refractivity contribution < 1.29 is 13.7 Å². The minimum absolute atomic E-state index is 0.201. The fraction of sp³-hybridized carbons (Fsp3) is 0.381. The zero-order valence-corrected chi connectivity index (χ0v) is 16.3. The van der Waals surface area contributed by atoms with Crippen molar-refractivity contribution in [1.29, 1.82) is 0 Å². The van der Waals surface area contributed by atoms with Crippen molar-refractivity contribution in [2.45, 2.75) is 26.3 Å². The molecular weight excluding hydrogens is 373 g/mol. The molecule has 1 atom stereocenters.